The molecular weight excluding hydrogens is 482 g/mol. The number of likely N-dealkylation sites (tertiary alicyclic amines) is 1. The smallest absolute Gasteiger partial charge is 0.266 e. The first-order chi connectivity index (χ1) is 18.3. The summed E-state index contributed by atoms with van der Waals surface area (Å²) in [6.45, 7) is 3.72. The Bertz CT molecular complexity index is 1210. The molecule has 4 rings (SSSR count). The number of nitrogens with two attached hydrogens (primary N) is 1. The summed E-state index contributed by atoms with van der Waals surface area (Å²) in [5.74, 6) is -0.683. The second kappa shape index (κ2) is 12.6. The van der Waals surface area contributed by atoms with Crippen LogP contribution in [0.4, 0.5) is 0 Å². The van der Waals surface area contributed by atoms with Gasteiger partial charge in [0.05, 0.1) is 6.54 Å². The van der Waals surface area contributed by atoms with E-state index in [4.69, 9.17) is 10.5 Å². The number of nitrogens with zero attached hydrogens (tertiary/aromatic N) is 2. The predicted molar refractivity (Wildman–Crippen MR) is 144 cm³/mol. The van der Waals surface area contributed by atoms with Gasteiger partial charge in [-0.3, -0.25) is 19.5 Å². The van der Waals surface area contributed by atoms with Crippen LogP contribution in [0, 0.1) is 6.92 Å². The first-order valence-electron chi connectivity index (χ1n) is 12.8. The van der Waals surface area contributed by atoms with E-state index in [1.54, 1.807) is 35.4 Å². The number of nitrogens with one attached hydrogen (secondary N) is 2. The molecule has 2 heterocycles. The number of hydrogen-bond acceptors (Lipinski definition) is 7. The van der Waals surface area contributed by atoms with Crippen molar-refractivity contribution in [1.29, 1.82) is 0 Å². The van der Waals surface area contributed by atoms with E-state index < -0.39 is 17.5 Å². The van der Waals surface area contributed by atoms with Crippen LogP contribution >= 0.6 is 0 Å². The van der Waals surface area contributed by atoms with Crippen LogP contribution in [0.5, 0.6) is 5.75 Å². The van der Waals surface area contributed by atoms with Gasteiger partial charge in [-0.1, -0.05) is 30.3 Å². The zero-order chi connectivity index (χ0) is 27.0. The third kappa shape index (κ3) is 7.16. The van der Waals surface area contributed by atoms with E-state index in [9.17, 15) is 14.7 Å². The van der Waals surface area contributed by atoms with Gasteiger partial charge in [0.25, 0.3) is 11.8 Å². The van der Waals surface area contributed by atoms with Crippen LogP contribution in [-0.4, -0.2) is 58.2 Å². The van der Waals surface area contributed by atoms with Gasteiger partial charge in [0.15, 0.2) is 0 Å². The third-order valence-corrected chi connectivity index (χ3v) is 6.83. The molecule has 38 heavy (non-hydrogen) atoms. The van der Waals surface area contributed by atoms with E-state index in [1.165, 1.54) is 5.56 Å². The number of aryl methyl sites for hydroxylation is 1. The van der Waals surface area contributed by atoms with Crippen LogP contribution in [0.2, 0.25) is 0 Å². The Labute approximate surface area is 223 Å². The number of aromatic nitrogens is 1. The Morgan fingerprint density at radius 3 is 2.45 bits per heavy atom. The number of amides is 2. The monoisotopic (exact) mass is 517 g/mol. The minimum Gasteiger partial charge on any atom is -0.489 e. The molecule has 9 heteroatoms. The van der Waals surface area contributed by atoms with E-state index in [2.05, 4.69) is 27.8 Å². The van der Waals surface area contributed by atoms with Crippen molar-refractivity contribution in [1.82, 2.24) is 20.5 Å². The molecule has 0 radical (unpaired) electrons. The molecule has 1 fully saturated rings. The second-order valence-corrected chi connectivity index (χ2v) is 9.61. The van der Waals surface area contributed by atoms with Gasteiger partial charge in [-0.2, -0.15) is 0 Å². The molecule has 1 saturated heterocycles. The number of piperidine rings is 1. The average Bonchev–Trinajstić information content (AvgIpc) is 2.94. The average molecular weight is 518 g/mol. The minimum atomic E-state index is -1.97. The maximum absolute atomic E-state index is 12.7. The lowest BCUT2D eigenvalue weighted by Gasteiger charge is -2.41. The van der Waals surface area contributed by atoms with Crippen LogP contribution in [0.3, 0.4) is 0 Å². The highest BCUT2D eigenvalue weighted by molar-refractivity contribution is 5.95. The summed E-state index contributed by atoms with van der Waals surface area (Å²) in [5, 5.41) is 17.3. The highest BCUT2D eigenvalue weighted by atomic mass is 16.5. The lowest BCUT2D eigenvalue weighted by molar-refractivity contribution is -0.161. The topological polar surface area (TPSA) is 130 Å². The Balaban J connectivity index is 1.26. The molecule has 0 unspecified atom stereocenters. The molecule has 1 atom stereocenters. The number of primary amides is 1. The Morgan fingerprint density at radius 1 is 1.08 bits per heavy atom. The third-order valence-electron chi connectivity index (χ3n) is 6.83. The molecule has 1 aliphatic rings. The first kappa shape index (κ1) is 27.3. The lowest BCUT2D eigenvalue weighted by Crippen LogP contribution is -2.65. The zero-order valence-corrected chi connectivity index (χ0v) is 21.6. The number of ether oxygens (including phenoxy) is 1. The van der Waals surface area contributed by atoms with Gasteiger partial charge in [0.2, 0.25) is 5.72 Å². The van der Waals surface area contributed by atoms with Crippen molar-refractivity contribution >= 4 is 11.8 Å². The predicted octanol–water partition coefficient (Wildman–Crippen LogP) is 2.13. The van der Waals surface area contributed by atoms with Crippen LogP contribution in [0.15, 0.2) is 72.9 Å². The molecule has 1 aromatic heterocycles. The number of aliphatic hydroxyl groups is 1. The van der Waals surface area contributed by atoms with Gasteiger partial charge in [0, 0.05) is 43.1 Å². The molecule has 2 aromatic carbocycles. The second-order valence-electron chi connectivity index (χ2n) is 9.61. The Morgan fingerprint density at radius 2 is 1.79 bits per heavy atom. The molecule has 3 aromatic rings. The zero-order valence-electron chi connectivity index (χ0n) is 21.6. The molecule has 0 spiro atoms. The number of carbonyl (C=O) groups excluding carboxylic acids is 2. The highest BCUT2D eigenvalue weighted by Gasteiger charge is 2.42. The fraction of sp³-hybridized carbons (Fsp3) is 0.345. The van der Waals surface area contributed by atoms with Crippen molar-refractivity contribution in [3.05, 3.63) is 95.3 Å². The minimum absolute atomic E-state index is 0.265. The van der Waals surface area contributed by atoms with Crippen LogP contribution in [-0.2, 0) is 17.9 Å². The van der Waals surface area contributed by atoms with Crippen LogP contribution in [0.1, 0.15) is 40.0 Å². The number of benzene rings is 2. The lowest BCUT2D eigenvalue weighted by atomic mass is 10.0. The highest BCUT2D eigenvalue weighted by Crippen LogP contribution is 2.20. The standard InChI is InChI=1S/C29H35N5O4/c1-21-17-23(11-14-31-21)19-38-26-9-7-24(8-10-26)27(35)33-20-29(37,28(30)36)34-15-12-25(13-16-34)32-18-22-5-3-2-4-6-22/h2-11,14,17,25,32,37H,12-13,15-16,18-20H2,1H3,(H2,30,36)(H,33,35)/t29-/m0/s1. The molecule has 0 saturated carbocycles. The quantitative estimate of drug-likeness (QED) is 0.307. The Kier molecular flexibility index (Phi) is 9.06. The molecule has 1 aliphatic heterocycles. The number of hydrogen-bond donors (Lipinski definition) is 4. The number of carbonyl (C=O) groups is 2. The van der Waals surface area contributed by atoms with Crippen molar-refractivity contribution in [2.24, 2.45) is 5.73 Å². The molecule has 5 N–H and O–H groups in total. The van der Waals surface area contributed by atoms with Crippen molar-refractivity contribution in [3.63, 3.8) is 0 Å². The van der Waals surface area contributed by atoms with Crippen LogP contribution in [0.25, 0.3) is 0 Å². The SMILES string of the molecule is Cc1cc(COc2ccc(C(=O)NC[C@](O)(C(N)=O)N3CCC(NCc4ccccc4)CC3)cc2)ccn1. The van der Waals surface area contributed by atoms with Gasteiger partial charge in [0.1, 0.15) is 12.4 Å². The van der Waals surface area contributed by atoms with E-state index in [-0.39, 0.29) is 12.6 Å². The van der Waals surface area contributed by atoms with Crippen molar-refractivity contribution in [2.45, 2.75) is 44.7 Å². The van der Waals surface area contributed by atoms with E-state index in [0.717, 1.165) is 30.6 Å². The van der Waals surface area contributed by atoms with Gasteiger partial charge in [-0.05, 0) is 67.3 Å². The Hall–Kier alpha value is -3.79. The fourth-order valence-corrected chi connectivity index (χ4v) is 4.54. The molecule has 9 nitrogen and oxygen atoms in total. The first-order valence-corrected chi connectivity index (χ1v) is 12.8. The van der Waals surface area contributed by atoms with E-state index in [0.29, 0.717) is 31.0 Å². The van der Waals surface area contributed by atoms with Crippen molar-refractivity contribution in [2.75, 3.05) is 19.6 Å². The summed E-state index contributed by atoms with van der Waals surface area (Å²) < 4.78 is 5.79. The molecule has 0 bridgehead atoms. The summed E-state index contributed by atoms with van der Waals surface area (Å²) in [7, 11) is 0. The normalized spacial score (nSPS) is 15.9. The fourth-order valence-electron chi connectivity index (χ4n) is 4.54. The number of pyridine rings is 1. The van der Waals surface area contributed by atoms with Crippen molar-refractivity contribution in [3.8, 4) is 5.75 Å². The van der Waals surface area contributed by atoms with Crippen molar-refractivity contribution < 1.29 is 19.4 Å². The molecule has 200 valence electrons. The van der Waals surface area contributed by atoms with Gasteiger partial charge in [-0.25, -0.2) is 0 Å². The summed E-state index contributed by atoms with van der Waals surface area (Å²) in [4.78, 5) is 30.8. The largest absolute Gasteiger partial charge is 0.489 e. The summed E-state index contributed by atoms with van der Waals surface area (Å²) in [6, 6.07) is 20.9. The van der Waals surface area contributed by atoms with Gasteiger partial charge >= 0.3 is 0 Å². The number of rotatable bonds is 11. The molecular formula is C29H35N5O4. The van der Waals surface area contributed by atoms with Crippen LogP contribution < -0.4 is 21.1 Å². The van der Waals surface area contributed by atoms with E-state index >= 15 is 0 Å². The molecule has 0 aliphatic carbocycles. The summed E-state index contributed by atoms with van der Waals surface area (Å²) in [5.41, 5.74) is 7.12. The molecule has 2 amide bonds. The summed E-state index contributed by atoms with van der Waals surface area (Å²) in [6.07, 6.45) is 3.23. The van der Waals surface area contributed by atoms with Gasteiger partial charge < -0.3 is 26.2 Å². The van der Waals surface area contributed by atoms with Gasteiger partial charge in [-0.15, -0.1) is 0 Å². The maximum Gasteiger partial charge on any atom is 0.266 e. The van der Waals surface area contributed by atoms with E-state index in [1.807, 2.05) is 37.3 Å². The maximum atomic E-state index is 12.7. The summed E-state index contributed by atoms with van der Waals surface area (Å²) >= 11 is 0.